The maximum atomic E-state index is 13.3. The smallest absolute Gasteiger partial charge is 0.417 e. The molecule has 2 aromatic rings. The predicted molar refractivity (Wildman–Crippen MR) is 77.8 cm³/mol. The fourth-order valence-corrected chi connectivity index (χ4v) is 2.12. The van der Waals surface area contributed by atoms with E-state index < -0.39 is 11.7 Å². The third kappa shape index (κ3) is 3.45. The predicted octanol–water partition coefficient (Wildman–Crippen LogP) is 5.68. The fourth-order valence-electron chi connectivity index (χ4n) is 2.12. The second-order valence-electron chi connectivity index (χ2n) is 4.62. The molecular weight excluding hydrogens is 277 g/mol. The number of aliphatic hydroxyl groups is 1. The topological polar surface area (TPSA) is 20.2 Å². The average Bonchev–Trinajstić information content (AvgIpc) is 2.47. The van der Waals surface area contributed by atoms with Gasteiger partial charge in [0.1, 0.15) is 5.76 Å². The summed E-state index contributed by atoms with van der Waals surface area (Å²) in [6.07, 6.45) is -2.45. The average molecular weight is 292 g/mol. The molecule has 0 aliphatic rings. The SMILES string of the molecule is CC/C=C(/O)c1ccc(-c2ccccc2)c(C(F)(F)F)c1. The van der Waals surface area contributed by atoms with Gasteiger partial charge >= 0.3 is 6.18 Å². The van der Waals surface area contributed by atoms with Crippen LogP contribution in [0.2, 0.25) is 0 Å². The first-order valence-electron chi connectivity index (χ1n) is 6.59. The molecule has 0 saturated heterocycles. The van der Waals surface area contributed by atoms with Gasteiger partial charge in [0.25, 0.3) is 0 Å². The van der Waals surface area contributed by atoms with Crippen LogP contribution in [0.1, 0.15) is 24.5 Å². The second-order valence-corrected chi connectivity index (χ2v) is 4.62. The Morgan fingerprint density at radius 3 is 2.33 bits per heavy atom. The Hall–Kier alpha value is -2.23. The van der Waals surface area contributed by atoms with Crippen molar-refractivity contribution < 1.29 is 18.3 Å². The third-order valence-corrected chi connectivity index (χ3v) is 3.10. The van der Waals surface area contributed by atoms with Crippen LogP contribution in [-0.4, -0.2) is 5.11 Å². The largest absolute Gasteiger partial charge is 0.508 e. The summed E-state index contributed by atoms with van der Waals surface area (Å²) in [5.74, 6) is -0.136. The zero-order valence-electron chi connectivity index (χ0n) is 11.5. The lowest BCUT2D eigenvalue weighted by molar-refractivity contribution is -0.137. The first-order valence-corrected chi connectivity index (χ1v) is 6.59. The number of hydrogen-bond donors (Lipinski definition) is 1. The lowest BCUT2D eigenvalue weighted by Gasteiger charge is -2.14. The molecule has 0 unspecified atom stereocenters. The van der Waals surface area contributed by atoms with E-state index in [4.69, 9.17) is 0 Å². The van der Waals surface area contributed by atoms with Crippen LogP contribution in [0.3, 0.4) is 0 Å². The number of hydrogen-bond acceptors (Lipinski definition) is 1. The van der Waals surface area contributed by atoms with Gasteiger partial charge in [0, 0.05) is 5.56 Å². The molecule has 0 aliphatic heterocycles. The van der Waals surface area contributed by atoms with Crippen molar-refractivity contribution in [1.29, 1.82) is 0 Å². The van der Waals surface area contributed by atoms with Crippen molar-refractivity contribution in [2.24, 2.45) is 0 Å². The molecule has 4 heteroatoms. The summed E-state index contributed by atoms with van der Waals surface area (Å²) >= 11 is 0. The first-order chi connectivity index (χ1) is 9.93. The normalized spacial score (nSPS) is 12.5. The number of rotatable bonds is 3. The zero-order chi connectivity index (χ0) is 15.5. The summed E-state index contributed by atoms with van der Waals surface area (Å²) in [6.45, 7) is 1.80. The highest BCUT2D eigenvalue weighted by atomic mass is 19.4. The Balaban J connectivity index is 2.60. The Bertz CT molecular complexity index is 643. The van der Waals surface area contributed by atoms with Crippen LogP contribution in [-0.2, 0) is 6.18 Å². The van der Waals surface area contributed by atoms with Gasteiger partial charge < -0.3 is 5.11 Å². The maximum absolute atomic E-state index is 13.3. The van der Waals surface area contributed by atoms with Crippen LogP contribution < -0.4 is 0 Å². The van der Waals surface area contributed by atoms with E-state index in [1.807, 2.05) is 0 Å². The Kier molecular flexibility index (Phi) is 4.36. The second kappa shape index (κ2) is 6.04. The molecule has 1 nitrogen and oxygen atoms in total. The molecule has 0 saturated carbocycles. The molecule has 0 spiro atoms. The highest BCUT2D eigenvalue weighted by Crippen LogP contribution is 2.38. The minimum absolute atomic E-state index is 0.108. The van der Waals surface area contributed by atoms with Crippen molar-refractivity contribution >= 4 is 5.76 Å². The molecule has 1 N–H and O–H groups in total. The molecular formula is C17H15F3O. The van der Waals surface area contributed by atoms with E-state index in [1.54, 1.807) is 37.3 Å². The summed E-state index contributed by atoms with van der Waals surface area (Å²) in [4.78, 5) is 0. The van der Waals surface area contributed by atoms with Gasteiger partial charge in [-0.15, -0.1) is 0 Å². The summed E-state index contributed by atoms with van der Waals surface area (Å²) in [6, 6.07) is 12.3. The van der Waals surface area contributed by atoms with E-state index in [1.165, 1.54) is 18.2 Å². The molecule has 0 atom stereocenters. The molecule has 0 amide bonds. The van der Waals surface area contributed by atoms with Gasteiger partial charge in [-0.1, -0.05) is 49.4 Å². The maximum Gasteiger partial charge on any atom is 0.417 e. The monoisotopic (exact) mass is 292 g/mol. The molecule has 0 fully saturated rings. The number of benzene rings is 2. The van der Waals surface area contributed by atoms with Crippen LogP contribution in [0, 0.1) is 0 Å². The molecule has 0 aromatic heterocycles. The number of alkyl halides is 3. The first kappa shape index (κ1) is 15.2. The molecule has 21 heavy (non-hydrogen) atoms. The van der Waals surface area contributed by atoms with Crippen molar-refractivity contribution in [1.82, 2.24) is 0 Å². The highest BCUT2D eigenvalue weighted by molar-refractivity contribution is 5.72. The zero-order valence-corrected chi connectivity index (χ0v) is 11.5. The quantitative estimate of drug-likeness (QED) is 0.721. The lowest BCUT2D eigenvalue weighted by Crippen LogP contribution is -2.08. The molecule has 0 radical (unpaired) electrons. The molecule has 110 valence electrons. The third-order valence-electron chi connectivity index (χ3n) is 3.10. The van der Waals surface area contributed by atoms with Crippen molar-refractivity contribution in [2.45, 2.75) is 19.5 Å². The van der Waals surface area contributed by atoms with Crippen molar-refractivity contribution in [3.63, 3.8) is 0 Å². The molecule has 0 heterocycles. The van der Waals surface area contributed by atoms with Crippen LogP contribution >= 0.6 is 0 Å². The van der Waals surface area contributed by atoms with E-state index >= 15 is 0 Å². The van der Waals surface area contributed by atoms with Crippen molar-refractivity contribution in [3.8, 4) is 11.1 Å². The summed E-state index contributed by atoms with van der Waals surface area (Å²) < 4.78 is 39.8. The Morgan fingerprint density at radius 1 is 1.10 bits per heavy atom. The van der Waals surface area contributed by atoms with Crippen LogP contribution in [0.4, 0.5) is 13.2 Å². The van der Waals surface area contributed by atoms with Crippen LogP contribution in [0.25, 0.3) is 16.9 Å². The fraction of sp³-hybridized carbons (Fsp3) is 0.176. The molecule has 0 bridgehead atoms. The summed E-state index contributed by atoms with van der Waals surface area (Å²) in [5, 5.41) is 9.77. The summed E-state index contributed by atoms with van der Waals surface area (Å²) in [7, 11) is 0. The highest BCUT2D eigenvalue weighted by Gasteiger charge is 2.34. The van der Waals surface area contributed by atoms with Gasteiger partial charge in [0.15, 0.2) is 0 Å². The number of aliphatic hydroxyl groups excluding tert-OH is 1. The van der Waals surface area contributed by atoms with Gasteiger partial charge in [-0.2, -0.15) is 13.2 Å². The standard InChI is InChI=1S/C17H15F3O/c1-2-6-16(21)13-9-10-14(12-7-4-3-5-8-12)15(11-13)17(18,19)20/h3-11,21H,2H2,1H3/b16-6+. The lowest BCUT2D eigenvalue weighted by atomic mass is 9.96. The van der Waals surface area contributed by atoms with E-state index in [0.717, 1.165) is 6.07 Å². The van der Waals surface area contributed by atoms with Gasteiger partial charge in [0.05, 0.1) is 5.56 Å². The van der Waals surface area contributed by atoms with Gasteiger partial charge in [-0.25, -0.2) is 0 Å². The number of halogens is 3. The summed E-state index contributed by atoms with van der Waals surface area (Å²) in [5.41, 5.74) is 0.0255. The van der Waals surface area contributed by atoms with E-state index in [-0.39, 0.29) is 16.9 Å². The number of allylic oxidation sites excluding steroid dienone is 1. The Labute approximate surface area is 121 Å². The minimum atomic E-state index is -4.48. The van der Waals surface area contributed by atoms with Gasteiger partial charge in [-0.05, 0) is 29.7 Å². The van der Waals surface area contributed by atoms with Crippen LogP contribution in [0.5, 0.6) is 0 Å². The van der Waals surface area contributed by atoms with Crippen molar-refractivity contribution in [3.05, 3.63) is 65.7 Å². The molecule has 2 aromatic carbocycles. The van der Waals surface area contributed by atoms with Crippen LogP contribution in [0.15, 0.2) is 54.6 Å². The van der Waals surface area contributed by atoms with E-state index in [2.05, 4.69) is 0 Å². The van der Waals surface area contributed by atoms with E-state index in [9.17, 15) is 18.3 Å². The molecule has 2 rings (SSSR count). The van der Waals surface area contributed by atoms with Gasteiger partial charge in [-0.3, -0.25) is 0 Å². The Morgan fingerprint density at radius 2 is 1.76 bits per heavy atom. The van der Waals surface area contributed by atoms with Crippen molar-refractivity contribution in [2.75, 3.05) is 0 Å². The van der Waals surface area contributed by atoms with Gasteiger partial charge in [0.2, 0.25) is 0 Å². The van der Waals surface area contributed by atoms with E-state index in [0.29, 0.717) is 12.0 Å². The minimum Gasteiger partial charge on any atom is -0.508 e. The molecule has 0 aliphatic carbocycles.